The molecule has 94 valence electrons. The molecule has 1 aromatic rings. The van der Waals surface area contributed by atoms with Crippen LogP contribution in [0.5, 0.6) is 0 Å². The third kappa shape index (κ3) is 3.03. The summed E-state index contributed by atoms with van der Waals surface area (Å²) in [6.07, 6.45) is 9.07. The lowest BCUT2D eigenvalue weighted by Crippen LogP contribution is -2.28. The van der Waals surface area contributed by atoms with Crippen molar-refractivity contribution in [1.29, 1.82) is 0 Å². The Balaban J connectivity index is 2.16. The quantitative estimate of drug-likeness (QED) is 0.847. The number of nitrogens with one attached hydrogen (secondary N) is 1. The van der Waals surface area contributed by atoms with E-state index in [1.807, 2.05) is 6.07 Å². The summed E-state index contributed by atoms with van der Waals surface area (Å²) in [6, 6.07) is 1.99. The summed E-state index contributed by atoms with van der Waals surface area (Å²) < 4.78 is 13.8. The molecule has 0 aliphatic heterocycles. The second-order valence-corrected chi connectivity index (χ2v) is 4.87. The summed E-state index contributed by atoms with van der Waals surface area (Å²) in [4.78, 5) is 3.83. The molecule has 17 heavy (non-hydrogen) atoms. The topological polar surface area (TPSA) is 24.9 Å². The number of halogens is 1. The first-order valence-electron chi connectivity index (χ1n) is 6.65. The molecule has 0 spiro atoms. The van der Waals surface area contributed by atoms with Crippen LogP contribution in [-0.4, -0.2) is 11.5 Å². The van der Waals surface area contributed by atoms with E-state index < -0.39 is 0 Å². The van der Waals surface area contributed by atoms with Gasteiger partial charge in [0.15, 0.2) is 0 Å². The molecule has 1 aliphatic rings. The molecule has 2 rings (SSSR count). The van der Waals surface area contributed by atoms with E-state index in [2.05, 4.69) is 17.2 Å². The highest BCUT2D eigenvalue weighted by Gasteiger charge is 2.27. The Bertz CT molecular complexity index is 348. The maximum atomic E-state index is 13.8. The highest BCUT2D eigenvalue weighted by Crippen LogP contribution is 2.36. The Labute approximate surface area is 103 Å². The number of pyridine rings is 1. The van der Waals surface area contributed by atoms with Crippen molar-refractivity contribution in [3.63, 3.8) is 0 Å². The van der Waals surface area contributed by atoms with E-state index in [9.17, 15) is 4.39 Å². The highest BCUT2D eigenvalue weighted by atomic mass is 19.1. The van der Waals surface area contributed by atoms with Crippen LogP contribution in [0.2, 0.25) is 0 Å². The standard InChI is InChI=1S/C14H21FN2/c1-2-8-17-14(11-5-3-4-6-11)12-7-9-16-10-13(12)15/h7,9-11,14,17H,2-6,8H2,1H3. The lowest BCUT2D eigenvalue weighted by Gasteiger charge is -2.25. The summed E-state index contributed by atoms with van der Waals surface area (Å²) in [5.74, 6) is 0.409. The van der Waals surface area contributed by atoms with Gasteiger partial charge in [-0.15, -0.1) is 0 Å². The van der Waals surface area contributed by atoms with Crippen LogP contribution >= 0.6 is 0 Å². The molecule has 1 saturated carbocycles. The van der Waals surface area contributed by atoms with Crippen molar-refractivity contribution in [1.82, 2.24) is 10.3 Å². The van der Waals surface area contributed by atoms with Crippen LogP contribution in [0.25, 0.3) is 0 Å². The van der Waals surface area contributed by atoms with Gasteiger partial charge in [0.2, 0.25) is 0 Å². The fourth-order valence-electron chi connectivity index (χ4n) is 2.76. The molecular formula is C14H21FN2. The maximum Gasteiger partial charge on any atom is 0.146 e. The molecule has 3 heteroatoms. The zero-order chi connectivity index (χ0) is 12.1. The first kappa shape index (κ1) is 12.5. The first-order chi connectivity index (χ1) is 8.33. The number of aromatic nitrogens is 1. The molecule has 1 fully saturated rings. The minimum absolute atomic E-state index is 0.167. The van der Waals surface area contributed by atoms with Gasteiger partial charge in [0, 0.05) is 17.8 Å². The van der Waals surface area contributed by atoms with Gasteiger partial charge in [0.25, 0.3) is 0 Å². The largest absolute Gasteiger partial charge is 0.310 e. The predicted molar refractivity (Wildman–Crippen MR) is 67.2 cm³/mol. The number of hydrogen-bond acceptors (Lipinski definition) is 2. The number of rotatable bonds is 5. The average Bonchev–Trinajstić information content (AvgIpc) is 2.85. The van der Waals surface area contributed by atoms with Crippen molar-refractivity contribution in [3.8, 4) is 0 Å². The molecular weight excluding hydrogens is 215 g/mol. The van der Waals surface area contributed by atoms with Crippen LogP contribution in [0.15, 0.2) is 18.5 Å². The minimum atomic E-state index is -0.173. The Morgan fingerprint density at radius 2 is 2.24 bits per heavy atom. The Morgan fingerprint density at radius 1 is 1.47 bits per heavy atom. The van der Waals surface area contributed by atoms with E-state index in [0.717, 1.165) is 18.5 Å². The molecule has 1 atom stereocenters. The summed E-state index contributed by atoms with van der Waals surface area (Å²) in [5, 5.41) is 3.50. The second-order valence-electron chi connectivity index (χ2n) is 4.87. The molecule has 0 saturated heterocycles. The van der Waals surface area contributed by atoms with E-state index in [1.54, 1.807) is 6.20 Å². The molecule has 0 aromatic carbocycles. The van der Waals surface area contributed by atoms with Crippen LogP contribution in [-0.2, 0) is 0 Å². The molecule has 1 aliphatic carbocycles. The normalized spacial score (nSPS) is 18.5. The predicted octanol–water partition coefficient (Wildman–Crippen LogP) is 3.45. The van der Waals surface area contributed by atoms with Crippen LogP contribution < -0.4 is 5.32 Å². The second kappa shape index (κ2) is 6.10. The van der Waals surface area contributed by atoms with E-state index in [-0.39, 0.29) is 11.9 Å². The summed E-state index contributed by atoms with van der Waals surface area (Å²) in [5.41, 5.74) is 0.792. The van der Waals surface area contributed by atoms with Crippen LogP contribution in [0.1, 0.15) is 50.6 Å². The van der Waals surface area contributed by atoms with Gasteiger partial charge in [-0.3, -0.25) is 4.98 Å². The summed E-state index contributed by atoms with van der Waals surface area (Å²) in [7, 11) is 0. The Morgan fingerprint density at radius 3 is 2.88 bits per heavy atom. The highest BCUT2D eigenvalue weighted by molar-refractivity contribution is 5.18. The zero-order valence-corrected chi connectivity index (χ0v) is 10.5. The average molecular weight is 236 g/mol. The van der Waals surface area contributed by atoms with E-state index in [1.165, 1.54) is 31.9 Å². The van der Waals surface area contributed by atoms with Crippen LogP contribution in [0, 0.1) is 11.7 Å². The van der Waals surface area contributed by atoms with Crippen molar-refractivity contribution in [3.05, 3.63) is 29.8 Å². The van der Waals surface area contributed by atoms with E-state index in [4.69, 9.17) is 0 Å². The monoisotopic (exact) mass is 236 g/mol. The molecule has 2 nitrogen and oxygen atoms in total. The van der Waals surface area contributed by atoms with Crippen molar-refractivity contribution in [2.45, 2.75) is 45.1 Å². The third-order valence-electron chi connectivity index (χ3n) is 3.62. The van der Waals surface area contributed by atoms with Gasteiger partial charge < -0.3 is 5.32 Å². The molecule has 1 unspecified atom stereocenters. The molecule has 1 heterocycles. The zero-order valence-electron chi connectivity index (χ0n) is 10.5. The SMILES string of the molecule is CCCNC(c1ccncc1F)C1CCCC1. The summed E-state index contributed by atoms with van der Waals surface area (Å²) in [6.45, 7) is 3.09. The Hall–Kier alpha value is -0.960. The van der Waals surface area contributed by atoms with Crippen molar-refractivity contribution in [2.75, 3.05) is 6.54 Å². The van der Waals surface area contributed by atoms with Crippen molar-refractivity contribution in [2.24, 2.45) is 5.92 Å². The van der Waals surface area contributed by atoms with Gasteiger partial charge in [-0.25, -0.2) is 4.39 Å². The lowest BCUT2D eigenvalue weighted by atomic mass is 9.92. The number of nitrogens with zero attached hydrogens (tertiary/aromatic N) is 1. The van der Waals surface area contributed by atoms with Gasteiger partial charge >= 0.3 is 0 Å². The third-order valence-corrected chi connectivity index (χ3v) is 3.62. The van der Waals surface area contributed by atoms with Gasteiger partial charge in [0.05, 0.1) is 6.20 Å². The van der Waals surface area contributed by atoms with E-state index >= 15 is 0 Å². The molecule has 0 bridgehead atoms. The van der Waals surface area contributed by atoms with Crippen molar-refractivity contribution < 1.29 is 4.39 Å². The van der Waals surface area contributed by atoms with Gasteiger partial charge in [-0.1, -0.05) is 19.8 Å². The van der Waals surface area contributed by atoms with Gasteiger partial charge in [0.1, 0.15) is 5.82 Å². The molecule has 0 radical (unpaired) electrons. The van der Waals surface area contributed by atoms with Crippen LogP contribution in [0.4, 0.5) is 4.39 Å². The smallest absolute Gasteiger partial charge is 0.146 e. The number of hydrogen-bond donors (Lipinski definition) is 1. The molecule has 1 N–H and O–H groups in total. The fraction of sp³-hybridized carbons (Fsp3) is 0.643. The van der Waals surface area contributed by atoms with E-state index in [0.29, 0.717) is 5.92 Å². The maximum absolute atomic E-state index is 13.8. The summed E-state index contributed by atoms with van der Waals surface area (Å²) >= 11 is 0. The molecule has 1 aromatic heterocycles. The van der Waals surface area contributed by atoms with Crippen molar-refractivity contribution >= 4 is 0 Å². The Kier molecular flexibility index (Phi) is 4.49. The lowest BCUT2D eigenvalue weighted by molar-refractivity contribution is 0.357. The molecule has 0 amide bonds. The first-order valence-corrected chi connectivity index (χ1v) is 6.65. The van der Waals surface area contributed by atoms with Gasteiger partial charge in [-0.2, -0.15) is 0 Å². The fourth-order valence-corrected chi connectivity index (χ4v) is 2.76. The van der Waals surface area contributed by atoms with Crippen LogP contribution in [0.3, 0.4) is 0 Å². The minimum Gasteiger partial charge on any atom is -0.310 e. The van der Waals surface area contributed by atoms with Gasteiger partial charge in [-0.05, 0) is 37.8 Å².